The topological polar surface area (TPSA) is 64.3 Å². The van der Waals surface area contributed by atoms with E-state index in [9.17, 15) is 4.79 Å². The van der Waals surface area contributed by atoms with Crippen LogP contribution in [0.4, 0.5) is 0 Å². The molecule has 1 amide bonds. The fraction of sp³-hybridized carbons (Fsp3) is 0.500. The summed E-state index contributed by atoms with van der Waals surface area (Å²) in [5.41, 5.74) is 7.59. The van der Waals surface area contributed by atoms with Crippen LogP contribution in [0.2, 0.25) is 0 Å². The molecule has 1 aromatic carbocycles. The van der Waals surface area contributed by atoms with Gasteiger partial charge < -0.3 is 15.8 Å². The molecule has 0 aliphatic carbocycles. The molecule has 1 aromatic rings. The van der Waals surface area contributed by atoms with Crippen LogP contribution in [0, 0.1) is 6.92 Å². The molecule has 0 saturated carbocycles. The number of amides is 1. The average Bonchev–Trinajstić information content (AvgIpc) is 2.38. The lowest BCUT2D eigenvalue weighted by Crippen LogP contribution is -2.36. The molecule has 0 spiro atoms. The molecule has 0 aliphatic rings. The Balaban J connectivity index is 2.68. The van der Waals surface area contributed by atoms with Crippen LogP contribution >= 0.6 is 0 Å². The Morgan fingerprint density at radius 2 is 2.22 bits per heavy atom. The normalized spacial score (nSPS) is 12.0. The first kappa shape index (κ1) is 14.5. The van der Waals surface area contributed by atoms with Crippen LogP contribution in [0.1, 0.15) is 31.4 Å². The fourth-order valence-corrected chi connectivity index (χ4v) is 1.53. The number of aryl methyl sites for hydroxylation is 1. The van der Waals surface area contributed by atoms with Gasteiger partial charge in [-0.25, -0.2) is 0 Å². The Bertz CT molecular complexity index is 405. The van der Waals surface area contributed by atoms with Gasteiger partial charge in [0.05, 0.1) is 0 Å². The number of rotatable bonds is 6. The zero-order valence-corrected chi connectivity index (χ0v) is 11.3. The summed E-state index contributed by atoms with van der Waals surface area (Å²) in [6, 6.07) is 5.80. The molecule has 0 fully saturated rings. The minimum atomic E-state index is -0.497. The van der Waals surface area contributed by atoms with Gasteiger partial charge in [-0.2, -0.15) is 0 Å². The van der Waals surface area contributed by atoms with Gasteiger partial charge in [-0.05, 0) is 37.5 Å². The molecule has 0 aliphatic heterocycles. The smallest absolute Gasteiger partial charge is 0.260 e. The Morgan fingerprint density at radius 3 is 2.83 bits per heavy atom. The van der Waals surface area contributed by atoms with E-state index in [0.717, 1.165) is 23.3 Å². The van der Waals surface area contributed by atoms with Gasteiger partial charge in [0.1, 0.15) is 5.75 Å². The molecular weight excluding hydrogens is 228 g/mol. The molecule has 0 heterocycles. The Hall–Kier alpha value is -1.55. The molecule has 100 valence electrons. The lowest BCUT2D eigenvalue weighted by Gasteiger charge is -2.16. The van der Waals surface area contributed by atoms with Crippen LogP contribution in [0.25, 0.3) is 0 Å². The second kappa shape index (κ2) is 7.01. The molecule has 0 bridgehead atoms. The molecule has 0 aromatic heterocycles. The number of benzene rings is 1. The summed E-state index contributed by atoms with van der Waals surface area (Å²) >= 11 is 0. The van der Waals surface area contributed by atoms with Crippen LogP contribution in [-0.4, -0.2) is 18.6 Å². The van der Waals surface area contributed by atoms with Crippen molar-refractivity contribution in [1.82, 2.24) is 5.32 Å². The SMILES string of the molecule is CCCNC(=O)C(C)Oc1cc(CN)ccc1C. The van der Waals surface area contributed by atoms with Gasteiger partial charge in [-0.1, -0.05) is 19.1 Å². The van der Waals surface area contributed by atoms with Gasteiger partial charge >= 0.3 is 0 Å². The second-order valence-corrected chi connectivity index (χ2v) is 4.36. The lowest BCUT2D eigenvalue weighted by molar-refractivity contribution is -0.127. The van der Waals surface area contributed by atoms with Gasteiger partial charge in [0.2, 0.25) is 0 Å². The van der Waals surface area contributed by atoms with E-state index in [0.29, 0.717) is 13.1 Å². The molecule has 1 unspecified atom stereocenters. The van der Waals surface area contributed by atoms with E-state index >= 15 is 0 Å². The zero-order valence-electron chi connectivity index (χ0n) is 11.3. The van der Waals surface area contributed by atoms with Gasteiger partial charge in [-0.3, -0.25) is 4.79 Å². The molecule has 4 nitrogen and oxygen atoms in total. The molecule has 1 atom stereocenters. The molecule has 0 radical (unpaired) electrons. The van der Waals surface area contributed by atoms with Gasteiger partial charge in [0, 0.05) is 13.1 Å². The summed E-state index contributed by atoms with van der Waals surface area (Å²) in [6.07, 6.45) is 0.420. The second-order valence-electron chi connectivity index (χ2n) is 4.36. The Kier molecular flexibility index (Phi) is 5.65. The molecule has 0 saturated heterocycles. The highest BCUT2D eigenvalue weighted by atomic mass is 16.5. The first-order chi connectivity index (χ1) is 8.58. The van der Waals surface area contributed by atoms with E-state index in [4.69, 9.17) is 10.5 Å². The number of nitrogens with one attached hydrogen (secondary N) is 1. The highest BCUT2D eigenvalue weighted by Gasteiger charge is 2.14. The highest BCUT2D eigenvalue weighted by Crippen LogP contribution is 2.20. The van der Waals surface area contributed by atoms with E-state index in [2.05, 4.69) is 5.32 Å². The molecule has 4 heteroatoms. The van der Waals surface area contributed by atoms with Crippen LogP contribution in [0.3, 0.4) is 0 Å². The number of carbonyl (C=O) groups is 1. The van der Waals surface area contributed by atoms with E-state index in [1.54, 1.807) is 6.92 Å². The van der Waals surface area contributed by atoms with Crippen LogP contribution in [0.5, 0.6) is 5.75 Å². The third-order valence-electron chi connectivity index (χ3n) is 2.71. The maximum atomic E-state index is 11.7. The van der Waals surface area contributed by atoms with E-state index in [-0.39, 0.29) is 5.91 Å². The molecular formula is C14H22N2O2. The third-order valence-corrected chi connectivity index (χ3v) is 2.71. The molecule has 1 rings (SSSR count). The van der Waals surface area contributed by atoms with Gasteiger partial charge in [-0.15, -0.1) is 0 Å². The summed E-state index contributed by atoms with van der Waals surface area (Å²) < 4.78 is 5.68. The Labute approximate surface area is 109 Å². The van der Waals surface area contributed by atoms with Crippen molar-refractivity contribution in [3.8, 4) is 5.75 Å². The summed E-state index contributed by atoms with van der Waals surface area (Å²) in [7, 11) is 0. The summed E-state index contributed by atoms with van der Waals surface area (Å²) in [6.45, 7) is 6.86. The Morgan fingerprint density at radius 1 is 1.50 bits per heavy atom. The number of nitrogens with two attached hydrogens (primary N) is 1. The summed E-state index contributed by atoms with van der Waals surface area (Å²) in [5, 5.41) is 2.81. The van der Waals surface area contributed by atoms with Crippen LogP contribution in [0.15, 0.2) is 18.2 Å². The van der Waals surface area contributed by atoms with E-state index in [1.807, 2.05) is 32.0 Å². The van der Waals surface area contributed by atoms with Crippen molar-refractivity contribution < 1.29 is 9.53 Å². The first-order valence-corrected chi connectivity index (χ1v) is 6.32. The first-order valence-electron chi connectivity index (χ1n) is 6.32. The predicted molar refractivity (Wildman–Crippen MR) is 72.5 cm³/mol. The minimum Gasteiger partial charge on any atom is -0.481 e. The van der Waals surface area contributed by atoms with Crippen molar-refractivity contribution in [3.05, 3.63) is 29.3 Å². The number of hydrogen-bond donors (Lipinski definition) is 2. The van der Waals surface area contributed by atoms with Crippen LogP contribution < -0.4 is 15.8 Å². The standard InChI is InChI=1S/C14H22N2O2/c1-4-7-16-14(17)11(3)18-13-8-12(9-15)6-5-10(13)2/h5-6,8,11H,4,7,9,15H2,1-3H3,(H,16,17). The summed E-state index contributed by atoms with van der Waals surface area (Å²) in [5.74, 6) is 0.631. The van der Waals surface area contributed by atoms with Crippen molar-refractivity contribution in [2.24, 2.45) is 5.73 Å². The van der Waals surface area contributed by atoms with Crippen molar-refractivity contribution in [3.63, 3.8) is 0 Å². The third kappa shape index (κ3) is 4.04. The average molecular weight is 250 g/mol. The number of ether oxygens (including phenoxy) is 1. The lowest BCUT2D eigenvalue weighted by atomic mass is 10.1. The molecule has 18 heavy (non-hydrogen) atoms. The van der Waals surface area contributed by atoms with Crippen molar-refractivity contribution in [2.75, 3.05) is 6.54 Å². The zero-order chi connectivity index (χ0) is 13.5. The monoisotopic (exact) mass is 250 g/mol. The molecule has 3 N–H and O–H groups in total. The summed E-state index contributed by atoms with van der Waals surface area (Å²) in [4.78, 5) is 11.7. The van der Waals surface area contributed by atoms with Crippen molar-refractivity contribution in [2.45, 2.75) is 39.8 Å². The van der Waals surface area contributed by atoms with E-state index < -0.39 is 6.10 Å². The predicted octanol–water partition coefficient (Wildman–Crippen LogP) is 1.75. The fourth-order valence-electron chi connectivity index (χ4n) is 1.53. The maximum Gasteiger partial charge on any atom is 0.260 e. The van der Waals surface area contributed by atoms with Gasteiger partial charge in [0.15, 0.2) is 6.10 Å². The highest BCUT2D eigenvalue weighted by molar-refractivity contribution is 5.80. The maximum absolute atomic E-state index is 11.7. The number of hydrogen-bond acceptors (Lipinski definition) is 3. The number of carbonyl (C=O) groups excluding carboxylic acids is 1. The van der Waals surface area contributed by atoms with Crippen LogP contribution in [-0.2, 0) is 11.3 Å². The van der Waals surface area contributed by atoms with Gasteiger partial charge in [0.25, 0.3) is 5.91 Å². The van der Waals surface area contributed by atoms with Crippen molar-refractivity contribution >= 4 is 5.91 Å². The quantitative estimate of drug-likeness (QED) is 0.808. The van der Waals surface area contributed by atoms with Crippen molar-refractivity contribution in [1.29, 1.82) is 0 Å². The minimum absolute atomic E-state index is 0.0885. The largest absolute Gasteiger partial charge is 0.481 e. The van der Waals surface area contributed by atoms with E-state index in [1.165, 1.54) is 0 Å².